The van der Waals surface area contributed by atoms with Gasteiger partial charge in [0.25, 0.3) is 0 Å². The molecule has 3 rings (SSSR count). The number of benzene rings is 1. The van der Waals surface area contributed by atoms with Crippen LogP contribution in [0.15, 0.2) is 18.2 Å². The van der Waals surface area contributed by atoms with Gasteiger partial charge >= 0.3 is 5.97 Å². The second kappa shape index (κ2) is 3.24. The number of aliphatic carboxylic acids is 1. The van der Waals surface area contributed by atoms with Crippen molar-refractivity contribution in [2.24, 2.45) is 0 Å². The number of carbonyl (C=O) groups is 1. The Kier molecular flexibility index (Phi) is 2.05. The van der Waals surface area contributed by atoms with Crippen LogP contribution < -0.4 is 0 Å². The first-order valence-corrected chi connectivity index (χ1v) is 6.03. The molecule has 0 amide bonds. The van der Waals surface area contributed by atoms with E-state index in [1.165, 1.54) is 18.4 Å². The molecule has 0 heterocycles. The van der Waals surface area contributed by atoms with Crippen LogP contribution in [0.1, 0.15) is 42.7 Å². The third kappa shape index (κ3) is 1.36. The maximum atomic E-state index is 11.2. The van der Waals surface area contributed by atoms with E-state index in [1.54, 1.807) is 6.07 Å². The Labute approximate surface area is 99.2 Å². The zero-order valence-electron chi connectivity index (χ0n) is 8.87. The molecule has 1 aromatic carbocycles. The molecule has 2 aliphatic rings. The summed E-state index contributed by atoms with van der Waals surface area (Å²) in [6.07, 6.45) is 4.14. The molecule has 1 fully saturated rings. The maximum Gasteiger partial charge on any atom is 0.310 e. The fourth-order valence-corrected chi connectivity index (χ4v) is 3.10. The largest absolute Gasteiger partial charge is 0.481 e. The van der Waals surface area contributed by atoms with Crippen LogP contribution in [0.3, 0.4) is 0 Å². The van der Waals surface area contributed by atoms with Gasteiger partial charge in [-0.1, -0.05) is 17.7 Å². The van der Waals surface area contributed by atoms with E-state index in [0.29, 0.717) is 0 Å². The van der Waals surface area contributed by atoms with Gasteiger partial charge in [0, 0.05) is 5.02 Å². The second-order valence-electron chi connectivity index (χ2n) is 4.94. The highest BCUT2D eigenvalue weighted by atomic mass is 35.5. The summed E-state index contributed by atoms with van der Waals surface area (Å²) in [7, 11) is 0. The van der Waals surface area contributed by atoms with Crippen LogP contribution in [-0.4, -0.2) is 11.1 Å². The third-order valence-electron chi connectivity index (χ3n) is 4.03. The standard InChI is InChI=1S/C13H13ClO2/c14-8-1-2-9-10(12(15)16)3-4-13(5-6-13)11(9)7-8/h1-2,7,10H,3-6H2,(H,15,16). The Morgan fingerprint density at radius 2 is 2.12 bits per heavy atom. The van der Waals surface area contributed by atoms with Gasteiger partial charge in [-0.2, -0.15) is 0 Å². The quantitative estimate of drug-likeness (QED) is 0.812. The summed E-state index contributed by atoms with van der Waals surface area (Å²) in [5.74, 6) is -1.04. The SMILES string of the molecule is O=C(O)C1CCC2(CC2)c2cc(Cl)ccc21. The van der Waals surface area contributed by atoms with Crippen molar-refractivity contribution in [2.45, 2.75) is 37.0 Å². The zero-order valence-corrected chi connectivity index (χ0v) is 9.63. The minimum absolute atomic E-state index is 0.270. The van der Waals surface area contributed by atoms with E-state index in [9.17, 15) is 9.90 Å². The number of hydrogen-bond acceptors (Lipinski definition) is 1. The van der Waals surface area contributed by atoms with Crippen LogP contribution in [-0.2, 0) is 10.2 Å². The first-order chi connectivity index (χ1) is 7.62. The summed E-state index contributed by atoms with van der Waals surface area (Å²) in [5.41, 5.74) is 2.45. The van der Waals surface area contributed by atoms with Crippen LogP contribution in [0.5, 0.6) is 0 Å². The Bertz CT molecular complexity index is 463. The second-order valence-corrected chi connectivity index (χ2v) is 5.38. The van der Waals surface area contributed by atoms with Gasteiger partial charge in [0.05, 0.1) is 5.92 Å². The predicted molar refractivity (Wildman–Crippen MR) is 62.0 cm³/mol. The predicted octanol–water partition coefficient (Wildman–Crippen LogP) is 3.33. The molecule has 0 saturated heterocycles. The average molecular weight is 237 g/mol. The maximum absolute atomic E-state index is 11.2. The molecule has 0 bridgehead atoms. The van der Waals surface area contributed by atoms with E-state index in [0.717, 1.165) is 23.4 Å². The molecule has 2 aliphatic carbocycles. The van der Waals surface area contributed by atoms with E-state index >= 15 is 0 Å². The van der Waals surface area contributed by atoms with E-state index in [4.69, 9.17) is 11.6 Å². The van der Waals surface area contributed by atoms with Crippen molar-refractivity contribution in [3.05, 3.63) is 34.3 Å². The highest BCUT2D eigenvalue weighted by Crippen LogP contribution is 2.58. The van der Waals surface area contributed by atoms with Gasteiger partial charge in [-0.25, -0.2) is 0 Å². The van der Waals surface area contributed by atoms with Crippen LogP contribution >= 0.6 is 11.6 Å². The summed E-state index contributed by atoms with van der Waals surface area (Å²) in [4.78, 5) is 11.2. The number of rotatable bonds is 1. The van der Waals surface area contributed by atoms with Crippen molar-refractivity contribution in [2.75, 3.05) is 0 Å². The molecule has 2 nitrogen and oxygen atoms in total. The van der Waals surface area contributed by atoms with Crippen LogP contribution in [0, 0.1) is 0 Å². The lowest BCUT2D eigenvalue weighted by Gasteiger charge is -2.29. The van der Waals surface area contributed by atoms with E-state index in [-0.39, 0.29) is 11.3 Å². The van der Waals surface area contributed by atoms with Crippen LogP contribution in [0.2, 0.25) is 5.02 Å². The molecular weight excluding hydrogens is 224 g/mol. The van der Waals surface area contributed by atoms with E-state index < -0.39 is 5.97 Å². The average Bonchev–Trinajstić information content (AvgIpc) is 3.00. The molecule has 1 spiro atoms. The summed E-state index contributed by atoms with van der Waals surface area (Å²) in [6, 6.07) is 5.67. The lowest BCUT2D eigenvalue weighted by atomic mass is 9.74. The Morgan fingerprint density at radius 1 is 1.38 bits per heavy atom. The van der Waals surface area contributed by atoms with Crippen LogP contribution in [0.4, 0.5) is 0 Å². The topological polar surface area (TPSA) is 37.3 Å². The zero-order chi connectivity index (χ0) is 11.3. The monoisotopic (exact) mass is 236 g/mol. The number of carboxylic acid groups (broad SMARTS) is 1. The van der Waals surface area contributed by atoms with E-state index in [2.05, 4.69) is 0 Å². The lowest BCUT2D eigenvalue weighted by molar-refractivity contribution is -0.139. The smallest absolute Gasteiger partial charge is 0.310 e. The molecule has 0 radical (unpaired) electrons. The molecule has 84 valence electrons. The Balaban J connectivity index is 2.14. The minimum Gasteiger partial charge on any atom is -0.481 e. The summed E-state index contributed by atoms with van der Waals surface area (Å²) >= 11 is 6.01. The molecule has 16 heavy (non-hydrogen) atoms. The normalized spacial score (nSPS) is 25.2. The molecule has 1 unspecified atom stereocenters. The van der Waals surface area contributed by atoms with Gasteiger partial charge in [0.15, 0.2) is 0 Å². The first-order valence-electron chi connectivity index (χ1n) is 5.65. The van der Waals surface area contributed by atoms with Gasteiger partial charge in [0.2, 0.25) is 0 Å². The summed E-state index contributed by atoms with van der Waals surface area (Å²) in [5, 5.41) is 9.93. The molecule has 1 aromatic rings. The van der Waals surface area contributed by atoms with E-state index in [1.807, 2.05) is 12.1 Å². The Morgan fingerprint density at radius 3 is 2.75 bits per heavy atom. The molecule has 3 heteroatoms. The van der Waals surface area contributed by atoms with Gasteiger partial charge < -0.3 is 5.11 Å². The first kappa shape index (κ1) is 10.2. The molecule has 1 atom stereocenters. The number of fused-ring (bicyclic) bond motifs is 2. The van der Waals surface area contributed by atoms with Crippen molar-refractivity contribution in [3.8, 4) is 0 Å². The number of hydrogen-bond donors (Lipinski definition) is 1. The molecule has 0 aromatic heterocycles. The van der Waals surface area contributed by atoms with Crippen molar-refractivity contribution in [1.82, 2.24) is 0 Å². The van der Waals surface area contributed by atoms with Gasteiger partial charge in [-0.15, -0.1) is 0 Å². The molecule has 1 N–H and O–H groups in total. The molecular formula is C13H13ClO2. The molecule has 1 saturated carbocycles. The van der Waals surface area contributed by atoms with Gasteiger partial charge in [-0.05, 0) is 54.4 Å². The Hall–Kier alpha value is -1.02. The minimum atomic E-state index is -0.709. The fraction of sp³-hybridized carbons (Fsp3) is 0.462. The third-order valence-corrected chi connectivity index (χ3v) is 4.26. The van der Waals surface area contributed by atoms with Crippen LogP contribution in [0.25, 0.3) is 0 Å². The fourth-order valence-electron chi connectivity index (χ4n) is 2.93. The summed E-state index contributed by atoms with van der Waals surface area (Å²) < 4.78 is 0. The van der Waals surface area contributed by atoms with Crippen molar-refractivity contribution in [1.29, 1.82) is 0 Å². The van der Waals surface area contributed by atoms with Crippen molar-refractivity contribution < 1.29 is 9.90 Å². The van der Waals surface area contributed by atoms with Gasteiger partial charge in [0.1, 0.15) is 0 Å². The highest BCUT2D eigenvalue weighted by molar-refractivity contribution is 6.30. The summed E-state index contributed by atoms with van der Waals surface area (Å²) in [6.45, 7) is 0. The van der Waals surface area contributed by atoms with Gasteiger partial charge in [-0.3, -0.25) is 4.79 Å². The van der Waals surface area contributed by atoms with Crippen molar-refractivity contribution >= 4 is 17.6 Å². The highest BCUT2D eigenvalue weighted by Gasteiger charge is 2.49. The lowest BCUT2D eigenvalue weighted by Crippen LogP contribution is -2.24. The van der Waals surface area contributed by atoms with Crippen molar-refractivity contribution in [3.63, 3.8) is 0 Å². The number of halogens is 1. The molecule has 0 aliphatic heterocycles. The number of carboxylic acids is 1.